The second kappa shape index (κ2) is 7.21. The summed E-state index contributed by atoms with van der Waals surface area (Å²) in [4.78, 5) is 12.5. The van der Waals surface area contributed by atoms with E-state index in [0.717, 1.165) is 16.9 Å². The van der Waals surface area contributed by atoms with Gasteiger partial charge >= 0.3 is 5.97 Å². The van der Waals surface area contributed by atoms with Crippen LogP contribution in [0.2, 0.25) is 0 Å². The minimum atomic E-state index is -0.355. The summed E-state index contributed by atoms with van der Waals surface area (Å²) in [5.74, 6) is -0.355. The zero-order valence-corrected chi connectivity index (χ0v) is 14.4. The average Bonchev–Trinajstić information content (AvgIpc) is 2.94. The number of ether oxygens (including phenoxy) is 1. The number of hydrogen-bond donors (Lipinski definition) is 1. The Morgan fingerprint density at radius 2 is 1.80 bits per heavy atom. The summed E-state index contributed by atoms with van der Waals surface area (Å²) in [5.41, 5.74) is 10.6. The molecule has 0 saturated heterocycles. The summed E-state index contributed by atoms with van der Waals surface area (Å²) in [6.07, 6.45) is 0.497. The first-order valence-corrected chi connectivity index (χ1v) is 8.26. The predicted molar refractivity (Wildman–Crippen MR) is 97.9 cm³/mol. The fourth-order valence-corrected chi connectivity index (χ4v) is 2.87. The molecule has 25 heavy (non-hydrogen) atoms. The van der Waals surface area contributed by atoms with Crippen LogP contribution >= 0.6 is 0 Å². The first-order chi connectivity index (χ1) is 12.1. The van der Waals surface area contributed by atoms with Gasteiger partial charge in [0.15, 0.2) is 0 Å². The SMILES string of the molecule is CCOC(=O)c1c(C)nn(-c2ccccc2)c1Cc1ccccc1N. The Labute approximate surface area is 147 Å². The number of carbonyl (C=O) groups is 1. The van der Waals surface area contributed by atoms with Crippen LogP contribution in [0.5, 0.6) is 0 Å². The summed E-state index contributed by atoms with van der Waals surface area (Å²) in [5, 5.41) is 4.59. The normalized spacial score (nSPS) is 10.6. The third kappa shape index (κ3) is 3.40. The molecular formula is C20H21N3O2. The summed E-state index contributed by atoms with van der Waals surface area (Å²) in [6, 6.07) is 17.4. The van der Waals surface area contributed by atoms with Gasteiger partial charge in [0.1, 0.15) is 5.56 Å². The molecule has 128 valence electrons. The number of rotatable bonds is 5. The van der Waals surface area contributed by atoms with Gasteiger partial charge in [0.25, 0.3) is 0 Å². The zero-order valence-electron chi connectivity index (χ0n) is 14.4. The molecule has 0 fully saturated rings. The van der Waals surface area contributed by atoms with Gasteiger partial charge in [0, 0.05) is 12.1 Å². The highest BCUT2D eigenvalue weighted by Crippen LogP contribution is 2.24. The molecular weight excluding hydrogens is 314 g/mol. The molecule has 1 aromatic heterocycles. The fraction of sp³-hybridized carbons (Fsp3) is 0.200. The van der Waals surface area contributed by atoms with Gasteiger partial charge in [-0.3, -0.25) is 0 Å². The maximum absolute atomic E-state index is 12.5. The van der Waals surface area contributed by atoms with E-state index in [1.807, 2.05) is 61.5 Å². The van der Waals surface area contributed by atoms with Crippen LogP contribution in [0.4, 0.5) is 5.69 Å². The summed E-state index contributed by atoms with van der Waals surface area (Å²) in [7, 11) is 0. The molecule has 0 aliphatic rings. The fourth-order valence-electron chi connectivity index (χ4n) is 2.87. The summed E-state index contributed by atoms with van der Waals surface area (Å²) >= 11 is 0. The molecule has 3 aromatic rings. The second-order valence-electron chi connectivity index (χ2n) is 5.75. The number of carbonyl (C=O) groups excluding carboxylic acids is 1. The van der Waals surface area contributed by atoms with Gasteiger partial charge in [-0.1, -0.05) is 36.4 Å². The number of anilines is 1. The Morgan fingerprint density at radius 1 is 1.12 bits per heavy atom. The molecule has 2 N–H and O–H groups in total. The number of esters is 1. The van der Waals surface area contributed by atoms with E-state index in [9.17, 15) is 4.79 Å². The van der Waals surface area contributed by atoms with Gasteiger partial charge in [0.2, 0.25) is 0 Å². The molecule has 0 saturated carbocycles. The van der Waals surface area contributed by atoms with E-state index < -0.39 is 0 Å². The molecule has 0 aliphatic carbocycles. The van der Waals surface area contributed by atoms with E-state index >= 15 is 0 Å². The van der Waals surface area contributed by atoms with E-state index in [1.54, 1.807) is 11.6 Å². The third-order valence-corrected chi connectivity index (χ3v) is 4.05. The summed E-state index contributed by atoms with van der Waals surface area (Å²) < 4.78 is 7.04. The van der Waals surface area contributed by atoms with Crippen LogP contribution in [0.25, 0.3) is 5.69 Å². The van der Waals surface area contributed by atoms with Gasteiger partial charge in [0.05, 0.1) is 23.7 Å². The number of aromatic nitrogens is 2. The van der Waals surface area contributed by atoms with E-state index in [2.05, 4.69) is 5.10 Å². The topological polar surface area (TPSA) is 70.1 Å². The van der Waals surface area contributed by atoms with E-state index in [-0.39, 0.29) is 5.97 Å². The maximum atomic E-state index is 12.5. The van der Waals surface area contributed by atoms with Crippen molar-refractivity contribution >= 4 is 11.7 Å². The molecule has 0 unspecified atom stereocenters. The number of aryl methyl sites for hydroxylation is 1. The first kappa shape index (κ1) is 16.8. The number of nitrogens with zero attached hydrogens (tertiary/aromatic N) is 2. The molecule has 0 aliphatic heterocycles. The quantitative estimate of drug-likeness (QED) is 0.572. The number of para-hydroxylation sites is 2. The van der Waals surface area contributed by atoms with Crippen LogP contribution in [0.3, 0.4) is 0 Å². The Hall–Kier alpha value is -3.08. The smallest absolute Gasteiger partial charge is 0.341 e. The molecule has 0 radical (unpaired) electrons. The molecule has 0 bridgehead atoms. The lowest BCUT2D eigenvalue weighted by atomic mass is 10.0. The van der Waals surface area contributed by atoms with Crippen molar-refractivity contribution in [1.29, 1.82) is 0 Å². The van der Waals surface area contributed by atoms with Crippen molar-refractivity contribution in [3.8, 4) is 5.69 Å². The van der Waals surface area contributed by atoms with Gasteiger partial charge in [-0.2, -0.15) is 5.10 Å². The maximum Gasteiger partial charge on any atom is 0.341 e. The van der Waals surface area contributed by atoms with Crippen molar-refractivity contribution in [3.63, 3.8) is 0 Å². The number of benzene rings is 2. The molecule has 2 aromatic carbocycles. The van der Waals surface area contributed by atoms with Crippen LogP contribution in [-0.4, -0.2) is 22.4 Å². The van der Waals surface area contributed by atoms with Gasteiger partial charge in [-0.25, -0.2) is 9.48 Å². The van der Waals surface area contributed by atoms with Crippen molar-refractivity contribution in [3.05, 3.63) is 77.1 Å². The molecule has 0 atom stereocenters. The lowest BCUT2D eigenvalue weighted by molar-refractivity contribution is 0.0524. The van der Waals surface area contributed by atoms with Gasteiger partial charge < -0.3 is 10.5 Å². The Morgan fingerprint density at radius 3 is 2.48 bits per heavy atom. The van der Waals surface area contributed by atoms with E-state index in [4.69, 9.17) is 10.5 Å². The lowest BCUT2D eigenvalue weighted by Crippen LogP contribution is -2.11. The monoisotopic (exact) mass is 335 g/mol. The van der Waals surface area contributed by atoms with Crippen molar-refractivity contribution in [2.45, 2.75) is 20.3 Å². The van der Waals surface area contributed by atoms with Crippen LogP contribution < -0.4 is 5.73 Å². The van der Waals surface area contributed by atoms with Crippen LogP contribution in [0.1, 0.15) is 34.2 Å². The standard InChI is InChI=1S/C20H21N3O2/c1-3-25-20(24)19-14(2)22-23(16-10-5-4-6-11-16)18(19)13-15-9-7-8-12-17(15)21/h4-12H,3,13,21H2,1-2H3. The zero-order chi connectivity index (χ0) is 17.8. The van der Waals surface area contributed by atoms with Crippen molar-refractivity contribution in [1.82, 2.24) is 9.78 Å². The van der Waals surface area contributed by atoms with Crippen molar-refractivity contribution in [2.24, 2.45) is 0 Å². The average molecular weight is 335 g/mol. The van der Waals surface area contributed by atoms with Gasteiger partial charge in [-0.15, -0.1) is 0 Å². The molecule has 1 heterocycles. The second-order valence-corrected chi connectivity index (χ2v) is 5.75. The van der Waals surface area contributed by atoms with Crippen LogP contribution in [0.15, 0.2) is 54.6 Å². The van der Waals surface area contributed by atoms with Crippen molar-refractivity contribution in [2.75, 3.05) is 12.3 Å². The number of hydrogen-bond acceptors (Lipinski definition) is 4. The highest BCUT2D eigenvalue weighted by molar-refractivity contribution is 5.92. The summed E-state index contributed by atoms with van der Waals surface area (Å²) in [6.45, 7) is 3.94. The lowest BCUT2D eigenvalue weighted by Gasteiger charge is -2.11. The molecule has 0 amide bonds. The molecule has 5 nitrogen and oxygen atoms in total. The minimum absolute atomic E-state index is 0.321. The number of nitrogens with two attached hydrogens (primary N) is 1. The Balaban J connectivity index is 2.15. The predicted octanol–water partition coefficient (Wildman–Crippen LogP) is 3.53. The number of nitrogen functional groups attached to an aromatic ring is 1. The Kier molecular flexibility index (Phi) is 4.84. The first-order valence-electron chi connectivity index (χ1n) is 8.26. The van der Waals surface area contributed by atoms with Crippen molar-refractivity contribution < 1.29 is 9.53 Å². The van der Waals surface area contributed by atoms with E-state index in [1.165, 1.54) is 0 Å². The molecule has 5 heteroatoms. The molecule has 0 spiro atoms. The Bertz CT molecular complexity index is 885. The highest BCUT2D eigenvalue weighted by Gasteiger charge is 2.24. The molecule has 3 rings (SSSR count). The largest absolute Gasteiger partial charge is 0.462 e. The van der Waals surface area contributed by atoms with Crippen LogP contribution in [0, 0.1) is 6.92 Å². The van der Waals surface area contributed by atoms with E-state index in [0.29, 0.717) is 30.0 Å². The minimum Gasteiger partial charge on any atom is -0.462 e. The van der Waals surface area contributed by atoms with Crippen LogP contribution in [-0.2, 0) is 11.2 Å². The van der Waals surface area contributed by atoms with Gasteiger partial charge in [-0.05, 0) is 37.6 Å². The highest BCUT2D eigenvalue weighted by atomic mass is 16.5. The third-order valence-electron chi connectivity index (χ3n) is 4.05.